The van der Waals surface area contributed by atoms with Gasteiger partial charge in [0.25, 0.3) is 5.91 Å². The van der Waals surface area contributed by atoms with Gasteiger partial charge in [0.2, 0.25) is 0 Å². The van der Waals surface area contributed by atoms with Crippen LogP contribution < -0.4 is 10.1 Å². The van der Waals surface area contributed by atoms with Gasteiger partial charge >= 0.3 is 0 Å². The summed E-state index contributed by atoms with van der Waals surface area (Å²) in [5.74, 6) is 1.23. The molecule has 6 nitrogen and oxygen atoms in total. The Morgan fingerprint density at radius 2 is 1.83 bits per heavy atom. The van der Waals surface area contributed by atoms with Crippen molar-refractivity contribution in [2.24, 2.45) is 7.05 Å². The number of hydrogen-bond acceptors (Lipinski definition) is 4. The minimum absolute atomic E-state index is 0.0396. The van der Waals surface area contributed by atoms with Gasteiger partial charge in [-0.25, -0.2) is 0 Å². The molecule has 186 valence electrons. The van der Waals surface area contributed by atoms with E-state index in [0.29, 0.717) is 12.0 Å². The van der Waals surface area contributed by atoms with E-state index in [0.717, 1.165) is 59.5 Å². The largest absolute Gasteiger partial charge is 0.497 e. The molecule has 6 heteroatoms. The number of ether oxygens (including phenoxy) is 1. The zero-order chi connectivity index (χ0) is 25.1. The molecule has 2 aromatic carbocycles. The highest BCUT2D eigenvalue weighted by Gasteiger charge is 2.23. The van der Waals surface area contributed by atoms with Crippen molar-refractivity contribution in [3.05, 3.63) is 71.0 Å². The number of methoxy groups -OCH3 is 1. The molecule has 1 saturated heterocycles. The Balaban J connectivity index is 1.51. The second kappa shape index (κ2) is 10.6. The van der Waals surface area contributed by atoms with Crippen molar-refractivity contribution in [1.29, 1.82) is 0 Å². The molecule has 1 aliphatic heterocycles. The molecule has 1 N–H and O–H groups in total. The SMILES string of the molecule is COc1cc(-c2cnn(C)c2)cc([C@@H](C)NC(=O)c2cc(C3CCN(C(C)C)CC3)ccc2C)c1. The van der Waals surface area contributed by atoms with Crippen LogP contribution in [0.15, 0.2) is 48.8 Å². The maximum absolute atomic E-state index is 13.4. The summed E-state index contributed by atoms with van der Waals surface area (Å²) in [5, 5.41) is 7.50. The Morgan fingerprint density at radius 1 is 1.09 bits per heavy atom. The van der Waals surface area contributed by atoms with E-state index < -0.39 is 0 Å². The third kappa shape index (κ3) is 5.76. The summed E-state index contributed by atoms with van der Waals surface area (Å²) in [5.41, 5.74) is 6.05. The van der Waals surface area contributed by atoms with Crippen LogP contribution in [0.4, 0.5) is 0 Å². The summed E-state index contributed by atoms with van der Waals surface area (Å²) in [4.78, 5) is 15.9. The number of carbonyl (C=O) groups excluding carboxylic acids is 1. The lowest BCUT2D eigenvalue weighted by molar-refractivity contribution is 0.0939. The maximum Gasteiger partial charge on any atom is 0.252 e. The highest BCUT2D eigenvalue weighted by Crippen LogP contribution is 2.31. The fourth-order valence-electron chi connectivity index (χ4n) is 4.97. The second-order valence-corrected chi connectivity index (χ2v) is 10.1. The molecular weight excluding hydrogens is 436 g/mol. The van der Waals surface area contributed by atoms with E-state index in [1.54, 1.807) is 11.8 Å². The van der Waals surface area contributed by atoms with Gasteiger partial charge in [0.15, 0.2) is 0 Å². The zero-order valence-corrected chi connectivity index (χ0v) is 21.8. The summed E-state index contributed by atoms with van der Waals surface area (Å²) >= 11 is 0. The topological polar surface area (TPSA) is 59.4 Å². The summed E-state index contributed by atoms with van der Waals surface area (Å²) in [6.07, 6.45) is 6.09. The van der Waals surface area contributed by atoms with Crippen LogP contribution in [0.5, 0.6) is 5.75 Å². The van der Waals surface area contributed by atoms with Crippen molar-refractivity contribution in [2.45, 2.75) is 58.5 Å². The number of aryl methyl sites for hydroxylation is 2. The van der Waals surface area contributed by atoms with Gasteiger partial charge in [0.1, 0.15) is 5.75 Å². The highest BCUT2D eigenvalue weighted by atomic mass is 16.5. The molecule has 1 amide bonds. The van der Waals surface area contributed by atoms with Gasteiger partial charge < -0.3 is 15.0 Å². The summed E-state index contributed by atoms with van der Waals surface area (Å²) in [7, 11) is 3.56. The predicted molar refractivity (Wildman–Crippen MR) is 141 cm³/mol. The molecule has 0 spiro atoms. The van der Waals surface area contributed by atoms with E-state index in [1.165, 1.54) is 5.56 Å². The number of nitrogens with zero attached hydrogens (tertiary/aromatic N) is 3. The number of carbonyl (C=O) groups is 1. The number of piperidine rings is 1. The van der Waals surface area contributed by atoms with Crippen LogP contribution >= 0.6 is 0 Å². The first-order valence-electron chi connectivity index (χ1n) is 12.6. The fraction of sp³-hybridized carbons (Fsp3) is 0.448. The molecule has 1 atom stereocenters. The van der Waals surface area contributed by atoms with Crippen molar-refractivity contribution >= 4 is 5.91 Å². The Kier molecular flexibility index (Phi) is 7.60. The number of likely N-dealkylation sites (tertiary alicyclic amines) is 1. The Bertz CT molecular complexity index is 1180. The molecule has 0 radical (unpaired) electrons. The summed E-state index contributed by atoms with van der Waals surface area (Å²) < 4.78 is 7.32. The zero-order valence-electron chi connectivity index (χ0n) is 21.8. The maximum atomic E-state index is 13.4. The van der Waals surface area contributed by atoms with Crippen LogP contribution in [0.25, 0.3) is 11.1 Å². The first-order chi connectivity index (χ1) is 16.7. The third-order valence-electron chi connectivity index (χ3n) is 7.29. The molecular formula is C29H38N4O2. The van der Waals surface area contributed by atoms with Crippen LogP contribution in [0.2, 0.25) is 0 Å². The normalized spacial score (nSPS) is 15.9. The average Bonchev–Trinajstić information content (AvgIpc) is 3.30. The number of rotatable bonds is 7. The monoisotopic (exact) mass is 474 g/mol. The fourth-order valence-corrected chi connectivity index (χ4v) is 4.97. The van der Waals surface area contributed by atoms with E-state index in [-0.39, 0.29) is 11.9 Å². The molecule has 0 aliphatic carbocycles. The molecule has 0 bridgehead atoms. The van der Waals surface area contributed by atoms with Gasteiger partial charge in [0.05, 0.1) is 19.3 Å². The molecule has 1 fully saturated rings. The molecule has 0 unspecified atom stereocenters. The lowest BCUT2D eigenvalue weighted by atomic mass is 9.87. The number of aromatic nitrogens is 2. The smallest absolute Gasteiger partial charge is 0.252 e. The number of nitrogens with one attached hydrogen (secondary N) is 1. The van der Waals surface area contributed by atoms with Crippen LogP contribution in [-0.2, 0) is 7.05 Å². The molecule has 0 saturated carbocycles. The van der Waals surface area contributed by atoms with Crippen molar-refractivity contribution in [2.75, 3.05) is 20.2 Å². The molecule has 4 rings (SSSR count). The van der Waals surface area contributed by atoms with Gasteiger partial charge in [-0.1, -0.05) is 12.1 Å². The lowest BCUT2D eigenvalue weighted by Gasteiger charge is -2.35. The third-order valence-corrected chi connectivity index (χ3v) is 7.29. The van der Waals surface area contributed by atoms with Crippen molar-refractivity contribution < 1.29 is 9.53 Å². The Hall–Kier alpha value is -3.12. The molecule has 1 aliphatic rings. The second-order valence-electron chi connectivity index (χ2n) is 10.1. The Morgan fingerprint density at radius 3 is 2.46 bits per heavy atom. The average molecular weight is 475 g/mol. The predicted octanol–water partition coefficient (Wildman–Crippen LogP) is 5.48. The lowest BCUT2D eigenvalue weighted by Crippen LogP contribution is -2.37. The standard InChI is InChI=1S/C29H38N4O2/c1-19(2)33-11-9-22(10-12-33)23-8-7-20(3)28(16-23)29(34)31-21(4)24-13-25(15-27(14-24)35-6)26-17-30-32(5)18-26/h7-8,13-19,21-22H,9-12H2,1-6H3,(H,31,34)/t21-/m1/s1. The Labute approximate surface area is 209 Å². The molecule has 2 heterocycles. The first kappa shape index (κ1) is 25.0. The number of amides is 1. The van der Waals surface area contributed by atoms with E-state index >= 15 is 0 Å². The summed E-state index contributed by atoms with van der Waals surface area (Å²) in [6.45, 7) is 10.8. The van der Waals surface area contributed by atoms with Gasteiger partial charge in [-0.3, -0.25) is 9.48 Å². The molecule has 3 aromatic rings. The van der Waals surface area contributed by atoms with Gasteiger partial charge in [-0.15, -0.1) is 0 Å². The number of benzene rings is 2. The van der Waals surface area contributed by atoms with Crippen molar-refractivity contribution in [3.63, 3.8) is 0 Å². The van der Waals surface area contributed by atoms with Crippen LogP contribution in [0, 0.1) is 6.92 Å². The van der Waals surface area contributed by atoms with Gasteiger partial charge in [-0.05, 0) is 106 Å². The van der Waals surface area contributed by atoms with Gasteiger partial charge in [-0.2, -0.15) is 5.10 Å². The molecule has 1 aromatic heterocycles. The van der Waals surface area contributed by atoms with Crippen LogP contribution in [-0.4, -0.2) is 46.8 Å². The van der Waals surface area contributed by atoms with Crippen LogP contribution in [0.3, 0.4) is 0 Å². The highest BCUT2D eigenvalue weighted by molar-refractivity contribution is 5.96. The van der Waals surface area contributed by atoms with E-state index in [4.69, 9.17) is 4.74 Å². The van der Waals surface area contributed by atoms with Gasteiger partial charge in [0, 0.05) is 30.4 Å². The number of hydrogen-bond donors (Lipinski definition) is 1. The first-order valence-corrected chi connectivity index (χ1v) is 12.6. The van der Waals surface area contributed by atoms with Crippen molar-refractivity contribution in [1.82, 2.24) is 20.0 Å². The minimum Gasteiger partial charge on any atom is -0.497 e. The van der Waals surface area contributed by atoms with E-state index in [9.17, 15) is 4.79 Å². The van der Waals surface area contributed by atoms with E-state index in [2.05, 4.69) is 53.4 Å². The van der Waals surface area contributed by atoms with Crippen molar-refractivity contribution in [3.8, 4) is 16.9 Å². The van der Waals surface area contributed by atoms with Crippen LogP contribution in [0.1, 0.15) is 72.6 Å². The summed E-state index contributed by atoms with van der Waals surface area (Å²) in [6, 6.07) is 12.9. The molecule has 35 heavy (non-hydrogen) atoms. The minimum atomic E-state index is -0.176. The van der Waals surface area contributed by atoms with E-state index in [1.807, 2.05) is 45.4 Å². The quantitative estimate of drug-likeness (QED) is 0.492.